The lowest BCUT2D eigenvalue weighted by Crippen LogP contribution is -2.22. The molecule has 1 N–H and O–H groups in total. The maximum atomic E-state index is 3.64. The second-order valence-corrected chi connectivity index (χ2v) is 5.80. The molecule has 0 aliphatic heterocycles. The molecule has 2 aromatic heterocycles. The van der Waals surface area contributed by atoms with E-state index in [0.29, 0.717) is 6.04 Å². The van der Waals surface area contributed by atoms with Crippen molar-refractivity contribution >= 4 is 22.7 Å². The Morgan fingerprint density at radius 1 is 1.25 bits per heavy atom. The highest BCUT2D eigenvalue weighted by Gasteiger charge is 2.17. The Balaban J connectivity index is 2.25. The SMILES string of the molecule is CCCNC(c1cccs1)c1sccc1C. The van der Waals surface area contributed by atoms with Gasteiger partial charge in [0.25, 0.3) is 0 Å². The summed E-state index contributed by atoms with van der Waals surface area (Å²) in [6.45, 7) is 5.47. The maximum Gasteiger partial charge on any atom is 0.0767 e. The van der Waals surface area contributed by atoms with Crippen LogP contribution >= 0.6 is 22.7 Å². The van der Waals surface area contributed by atoms with Gasteiger partial charge in [-0.05, 0) is 48.3 Å². The van der Waals surface area contributed by atoms with E-state index >= 15 is 0 Å². The van der Waals surface area contributed by atoms with Crippen molar-refractivity contribution in [3.05, 3.63) is 44.3 Å². The maximum absolute atomic E-state index is 3.64. The molecule has 0 amide bonds. The summed E-state index contributed by atoms with van der Waals surface area (Å²) in [6.07, 6.45) is 1.17. The molecule has 2 aromatic rings. The molecule has 2 rings (SSSR count). The minimum Gasteiger partial charge on any atom is -0.305 e. The average Bonchev–Trinajstić information content (AvgIpc) is 2.91. The van der Waals surface area contributed by atoms with E-state index in [1.54, 1.807) is 0 Å². The van der Waals surface area contributed by atoms with Gasteiger partial charge in [-0.25, -0.2) is 0 Å². The van der Waals surface area contributed by atoms with Gasteiger partial charge in [0.05, 0.1) is 6.04 Å². The summed E-state index contributed by atoms with van der Waals surface area (Å²) in [6, 6.07) is 6.94. The number of hydrogen-bond donors (Lipinski definition) is 1. The van der Waals surface area contributed by atoms with Crippen LogP contribution in [0.2, 0.25) is 0 Å². The first-order chi connectivity index (χ1) is 7.83. The number of aryl methyl sites for hydroxylation is 1. The van der Waals surface area contributed by atoms with E-state index in [0.717, 1.165) is 6.54 Å². The summed E-state index contributed by atoms with van der Waals surface area (Å²) in [5.74, 6) is 0. The lowest BCUT2D eigenvalue weighted by Gasteiger charge is -2.16. The zero-order chi connectivity index (χ0) is 11.4. The average molecular weight is 251 g/mol. The van der Waals surface area contributed by atoms with Crippen LogP contribution in [0.5, 0.6) is 0 Å². The molecule has 0 fully saturated rings. The number of hydrogen-bond acceptors (Lipinski definition) is 3. The summed E-state index contributed by atoms with van der Waals surface area (Å²) in [4.78, 5) is 2.87. The molecule has 0 saturated carbocycles. The summed E-state index contributed by atoms with van der Waals surface area (Å²) >= 11 is 3.68. The highest BCUT2D eigenvalue weighted by Crippen LogP contribution is 2.31. The molecule has 0 bridgehead atoms. The van der Waals surface area contributed by atoms with Crippen LogP contribution in [0.1, 0.15) is 34.7 Å². The largest absolute Gasteiger partial charge is 0.305 e. The van der Waals surface area contributed by atoms with Gasteiger partial charge in [0.2, 0.25) is 0 Å². The van der Waals surface area contributed by atoms with E-state index in [9.17, 15) is 0 Å². The fourth-order valence-electron chi connectivity index (χ4n) is 1.75. The molecule has 1 nitrogen and oxygen atoms in total. The summed E-state index contributed by atoms with van der Waals surface area (Å²) in [7, 11) is 0. The fourth-order valence-corrected chi connectivity index (χ4v) is 3.65. The van der Waals surface area contributed by atoms with Gasteiger partial charge in [0, 0.05) is 9.75 Å². The molecule has 0 saturated heterocycles. The molecular weight excluding hydrogens is 234 g/mol. The Bertz CT molecular complexity index is 417. The van der Waals surface area contributed by atoms with Gasteiger partial charge in [0.15, 0.2) is 0 Å². The van der Waals surface area contributed by atoms with Crippen LogP contribution < -0.4 is 5.32 Å². The van der Waals surface area contributed by atoms with Gasteiger partial charge in [-0.15, -0.1) is 22.7 Å². The molecule has 1 atom stereocenters. The molecule has 86 valence electrons. The van der Waals surface area contributed by atoms with Gasteiger partial charge in [-0.3, -0.25) is 0 Å². The first-order valence-electron chi connectivity index (χ1n) is 5.63. The van der Waals surface area contributed by atoms with Gasteiger partial charge in [-0.1, -0.05) is 13.0 Å². The Morgan fingerprint density at radius 2 is 2.12 bits per heavy atom. The minimum atomic E-state index is 0.389. The van der Waals surface area contributed by atoms with Crippen LogP contribution in [0.25, 0.3) is 0 Å². The van der Waals surface area contributed by atoms with Crippen LogP contribution in [0.4, 0.5) is 0 Å². The molecule has 2 heterocycles. The second-order valence-electron chi connectivity index (χ2n) is 3.87. The molecule has 16 heavy (non-hydrogen) atoms. The molecule has 0 aromatic carbocycles. The monoisotopic (exact) mass is 251 g/mol. The molecular formula is C13H17NS2. The highest BCUT2D eigenvalue weighted by atomic mass is 32.1. The van der Waals surface area contributed by atoms with E-state index in [-0.39, 0.29) is 0 Å². The zero-order valence-electron chi connectivity index (χ0n) is 9.69. The third-order valence-electron chi connectivity index (χ3n) is 2.59. The topological polar surface area (TPSA) is 12.0 Å². The van der Waals surface area contributed by atoms with Gasteiger partial charge < -0.3 is 5.32 Å². The molecule has 3 heteroatoms. The van der Waals surface area contributed by atoms with Crippen molar-refractivity contribution < 1.29 is 0 Å². The number of rotatable bonds is 5. The predicted octanol–water partition coefficient (Wildman–Crippen LogP) is 4.21. The van der Waals surface area contributed by atoms with Crippen molar-refractivity contribution in [3.8, 4) is 0 Å². The van der Waals surface area contributed by atoms with Crippen LogP contribution in [0.3, 0.4) is 0 Å². The first kappa shape index (κ1) is 11.8. The second kappa shape index (κ2) is 5.62. The fraction of sp³-hybridized carbons (Fsp3) is 0.385. The highest BCUT2D eigenvalue weighted by molar-refractivity contribution is 7.11. The molecule has 1 unspecified atom stereocenters. The van der Waals surface area contributed by atoms with Crippen LogP contribution in [0.15, 0.2) is 29.0 Å². The van der Waals surface area contributed by atoms with Crippen LogP contribution in [-0.4, -0.2) is 6.54 Å². The van der Waals surface area contributed by atoms with Crippen molar-refractivity contribution in [2.24, 2.45) is 0 Å². The van der Waals surface area contributed by atoms with E-state index in [4.69, 9.17) is 0 Å². The van der Waals surface area contributed by atoms with Gasteiger partial charge >= 0.3 is 0 Å². The predicted molar refractivity (Wildman–Crippen MR) is 73.5 cm³/mol. The molecule has 0 spiro atoms. The van der Waals surface area contributed by atoms with Gasteiger partial charge in [0.1, 0.15) is 0 Å². The Labute approximate surface area is 105 Å². The van der Waals surface area contributed by atoms with E-state index in [1.165, 1.54) is 21.7 Å². The molecule has 0 aliphatic carbocycles. The molecule has 0 radical (unpaired) electrons. The third kappa shape index (κ3) is 2.54. The van der Waals surface area contributed by atoms with Crippen molar-refractivity contribution in [1.29, 1.82) is 0 Å². The summed E-state index contributed by atoms with van der Waals surface area (Å²) in [5.41, 5.74) is 1.40. The number of thiophene rings is 2. The van der Waals surface area contributed by atoms with Crippen molar-refractivity contribution in [1.82, 2.24) is 5.32 Å². The standard InChI is InChI=1S/C13H17NS2/c1-3-7-14-12(11-5-4-8-15-11)13-10(2)6-9-16-13/h4-6,8-9,12,14H,3,7H2,1-2H3. The van der Waals surface area contributed by atoms with Crippen molar-refractivity contribution in [3.63, 3.8) is 0 Å². The quantitative estimate of drug-likeness (QED) is 0.839. The lowest BCUT2D eigenvalue weighted by atomic mass is 10.1. The third-order valence-corrected chi connectivity index (χ3v) is 4.61. The lowest BCUT2D eigenvalue weighted by molar-refractivity contribution is 0.611. The molecule has 0 aliphatic rings. The van der Waals surface area contributed by atoms with Gasteiger partial charge in [-0.2, -0.15) is 0 Å². The Morgan fingerprint density at radius 3 is 2.69 bits per heavy atom. The van der Waals surface area contributed by atoms with E-state index in [2.05, 4.69) is 48.1 Å². The van der Waals surface area contributed by atoms with E-state index in [1.807, 2.05) is 22.7 Å². The normalized spacial score (nSPS) is 12.9. The van der Waals surface area contributed by atoms with Crippen LogP contribution in [0, 0.1) is 6.92 Å². The Hall–Kier alpha value is -0.640. The summed E-state index contributed by atoms with van der Waals surface area (Å²) in [5, 5.41) is 7.97. The number of nitrogens with one attached hydrogen (secondary N) is 1. The minimum absolute atomic E-state index is 0.389. The summed E-state index contributed by atoms with van der Waals surface area (Å²) < 4.78 is 0. The van der Waals surface area contributed by atoms with Crippen molar-refractivity contribution in [2.75, 3.05) is 6.54 Å². The first-order valence-corrected chi connectivity index (χ1v) is 7.39. The van der Waals surface area contributed by atoms with Crippen molar-refractivity contribution in [2.45, 2.75) is 26.3 Å². The zero-order valence-corrected chi connectivity index (χ0v) is 11.3. The Kier molecular flexibility index (Phi) is 4.16. The van der Waals surface area contributed by atoms with Crippen LogP contribution in [-0.2, 0) is 0 Å². The smallest absolute Gasteiger partial charge is 0.0767 e. The van der Waals surface area contributed by atoms with E-state index < -0.39 is 0 Å².